The second-order valence-corrected chi connectivity index (χ2v) is 5.68. The number of fused-ring (bicyclic) bond motifs is 1. The average Bonchev–Trinajstić information content (AvgIpc) is 2.68. The van der Waals surface area contributed by atoms with E-state index in [2.05, 4.69) is 0 Å². The van der Waals surface area contributed by atoms with Crippen molar-refractivity contribution in [3.8, 4) is 0 Å². The minimum atomic E-state index is -0.554. The van der Waals surface area contributed by atoms with Crippen molar-refractivity contribution in [3.63, 3.8) is 0 Å². The summed E-state index contributed by atoms with van der Waals surface area (Å²) in [7, 11) is 0. The van der Waals surface area contributed by atoms with Gasteiger partial charge in [-0.2, -0.15) is 0 Å². The van der Waals surface area contributed by atoms with Gasteiger partial charge in [-0.25, -0.2) is 0 Å². The van der Waals surface area contributed by atoms with Crippen molar-refractivity contribution in [3.05, 3.63) is 0 Å². The van der Waals surface area contributed by atoms with E-state index in [1.165, 1.54) is 6.42 Å². The van der Waals surface area contributed by atoms with E-state index in [0.717, 1.165) is 50.7 Å². The van der Waals surface area contributed by atoms with Crippen LogP contribution in [-0.4, -0.2) is 24.3 Å². The van der Waals surface area contributed by atoms with Crippen LogP contribution < -0.4 is 0 Å². The summed E-state index contributed by atoms with van der Waals surface area (Å²) in [6.07, 6.45) is 5.07. The number of carboxylic acid groups (broad SMARTS) is 1. The molecule has 0 aromatic carbocycles. The van der Waals surface area contributed by atoms with Gasteiger partial charge in [0.25, 0.3) is 0 Å². The van der Waals surface area contributed by atoms with Crippen molar-refractivity contribution in [2.24, 2.45) is 23.2 Å². The average molecular weight is 210 g/mol. The quantitative estimate of drug-likeness (QED) is 0.774. The first-order valence-corrected chi connectivity index (χ1v) is 6.01. The Labute approximate surface area is 89.8 Å². The fraction of sp³-hybridized carbons (Fsp3) is 0.917. The van der Waals surface area contributed by atoms with Gasteiger partial charge in [0.05, 0.1) is 5.41 Å². The predicted octanol–water partition coefficient (Wildman–Crippen LogP) is 1.91. The van der Waals surface area contributed by atoms with Gasteiger partial charge >= 0.3 is 5.97 Å². The molecule has 0 amide bonds. The third kappa shape index (κ3) is 1.57. The first kappa shape index (κ1) is 9.64. The lowest BCUT2D eigenvalue weighted by Gasteiger charge is -2.28. The lowest BCUT2D eigenvalue weighted by Crippen LogP contribution is -2.32. The fourth-order valence-corrected chi connectivity index (χ4v) is 3.62. The highest BCUT2D eigenvalue weighted by molar-refractivity contribution is 5.75. The maximum absolute atomic E-state index is 11.4. The summed E-state index contributed by atoms with van der Waals surface area (Å²) >= 11 is 0. The van der Waals surface area contributed by atoms with E-state index in [4.69, 9.17) is 4.74 Å². The van der Waals surface area contributed by atoms with Gasteiger partial charge in [0.2, 0.25) is 0 Å². The highest BCUT2D eigenvalue weighted by Gasteiger charge is 2.57. The monoisotopic (exact) mass is 210 g/mol. The van der Waals surface area contributed by atoms with Crippen molar-refractivity contribution < 1.29 is 14.6 Å². The second kappa shape index (κ2) is 3.21. The standard InChI is InChI=1S/C12H18O3/c13-11(14)12(4-8-1-2-15-7-8)5-9-3-10(9)6-12/h8-10H,1-7H2,(H,13,14). The molecule has 0 spiro atoms. The van der Waals surface area contributed by atoms with Crippen LogP contribution in [0, 0.1) is 23.2 Å². The number of carbonyl (C=O) groups is 1. The van der Waals surface area contributed by atoms with E-state index < -0.39 is 5.97 Å². The van der Waals surface area contributed by atoms with Gasteiger partial charge in [-0.05, 0) is 49.9 Å². The molecule has 0 aromatic rings. The number of carboxylic acids is 1. The third-order valence-electron chi connectivity index (χ3n) is 4.53. The number of hydrogen-bond acceptors (Lipinski definition) is 2. The predicted molar refractivity (Wildman–Crippen MR) is 54.4 cm³/mol. The summed E-state index contributed by atoms with van der Waals surface area (Å²) < 4.78 is 5.34. The molecule has 1 aliphatic heterocycles. The number of aliphatic carboxylic acids is 1. The SMILES string of the molecule is O=C(O)C1(CC2CCOC2)CC2CC2C1. The Morgan fingerprint density at radius 1 is 1.40 bits per heavy atom. The van der Waals surface area contributed by atoms with Crippen LogP contribution in [0.15, 0.2) is 0 Å². The minimum absolute atomic E-state index is 0.383. The van der Waals surface area contributed by atoms with Crippen LogP contribution in [0.3, 0.4) is 0 Å². The molecule has 3 heteroatoms. The van der Waals surface area contributed by atoms with Crippen LogP contribution in [-0.2, 0) is 9.53 Å². The number of rotatable bonds is 3. The molecule has 3 atom stereocenters. The Morgan fingerprint density at radius 2 is 2.13 bits per heavy atom. The summed E-state index contributed by atoms with van der Waals surface area (Å²) in [5, 5.41) is 9.42. The molecule has 0 aromatic heterocycles. The van der Waals surface area contributed by atoms with Gasteiger partial charge in [0, 0.05) is 13.2 Å². The van der Waals surface area contributed by atoms with Crippen molar-refractivity contribution in [2.75, 3.05) is 13.2 Å². The van der Waals surface area contributed by atoms with Crippen molar-refractivity contribution >= 4 is 5.97 Å². The molecule has 3 rings (SSSR count). The highest BCUT2D eigenvalue weighted by atomic mass is 16.5. The molecule has 1 heterocycles. The van der Waals surface area contributed by atoms with E-state index in [-0.39, 0.29) is 5.41 Å². The van der Waals surface area contributed by atoms with Crippen LogP contribution >= 0.6 is 0 Å². The zero-order valence-corrected chi connectivity index (χ0v) is 8.95. The molecule has 15 heavy (non-hydrogen) atoms. The molecule has 3 aliphatic rings. The van der Waals surface area contributed by atoms with Gasteiger partial charge in [-0.3, -0.25) is 4.79 Å². The Hall–Kier alpha value is -0.570. The molecular weight excluding hydrogens is 192 g/mol. The lowest BCUT2D eigenvalue weighted by molar-refractivity contribution is -0.150. The van der Waals surface area contributed by atoms with Crippen LogP contribution in [0.25, 0.3) is 0 Å². The first-order chi connectivity index (χ1) is 7.20. The van der Waals surface area contributed by atoms with Gasteiger partial charge in [0.15, 0.2) is 0 Å². The van der Waals surface area contributed by atoms with Crippen LogP contribution in [0.5, 0.6) is 0 Å². The summed E-state index contributed by atoms with van der Waals surface area (Å²) in [5.41, 5.74) is -0.383. The van der Waals surface area contributed by atoms with E-state index in [9.17, 15) is 9.90 Å². The summed E-state index contributed by atoms with van der Waals surface area (Å²) in [5.74, 6) is 1.42. The molecule has 0 radical (unpaired) electrons. The third-order valence-corrected chi connectivity index (χ3v) is 4.53. The largest absolute Gasteiger partial charge is 0.481 e. The van der Waals surface area contributed by atoms with E-state index >= 15 is 0 Å². The van der Waals surface area contributed by atoms with Gasteiger partial charge in [0.1, 0.15) is 0 Å². The van der Waals surface area contributed by atoms with Crippen molar-refractivity contribution in [1.29, 1.82) is 0 Å². The Bertz CT molecular complexity index is 271. The van der Waals surface area contributed by atoms with Crippen molar-refractivity contribution in [2.45, 2.75) is 32.1 Å². The molecule has 84 valence electrons. The Balaban J connectivity index is 1.70. The maximum atomic E-state index is 11.4. The van der Waals surface area contributed by atoms with Crippen LogP contribution in [0.4, 0.5) is 0 Å². The molecule has 2 saturated carbocycles. The molecule has 3 unspecified atom stereocenters. The smallest absolute Gasteiger partial charge is 0.309 e. The van der Waals surface area contributed by atoms with E-state index in [1.54, 1.807) is 0 Å². The first-order valence-electron chi connectivity index (χ1n) is 6.01. The van der Waals surface area contributed by atoms with E-state index in [0.29, 0.717) is 5.92 Å². The molecule has 0 bridgehead atoms. The summed E-state index contributed by atoms with van der Waals surface area (Å²) in [6.45, 7) is 1.61. The molecular formula is C12H18O3. The maximum Gasteiger partial charge on any atom is 0.309 e. The minimum Gasteiger partial charge on any atom is -0.481 e. The highest BCUT2D eigenvalue weighted by Crippen LogP contribution is 2.62. The van der Waals surface area contributed by atoms with Gasteiger partial charge in [-0.15, -0.1) is 0 Å². The molecule has 1 saturated heterocycles. The van der Waals surface area contributed by atoms with Gasteiger partial charge in [-0.1, -0.05) is 0 Å². The second-order valence-electron chi connectivity index (χ2n) is 5.68. The Morgan fingerprint density at radius 3 is 2.67 bits per heavy atom. The van der Waals surface area contributed by atoms with Gasteiger partial charge < -0.3 is 9.84 Å². The van der Waals surface area contributed by atoms with Crippen LogP contribution in [0.2, 0.25) is 0 Å². The summed E-state index contributed by atoms with van der Waals surface area (Å²) in [6, 6.07) is 0. The number of ether oxygens (including phenoxy) is 1. The van der Waals surface area contributed by atoms with E-state index in [1.807, 2.05) is 0 Å². The topological polar surface area (TPSA) is 46.5 Å². The summed E-state index contributed by atoms with van der Waals surface area (Å²) in [4.78, 5) is 11.4. The number of hydrogen-bond donors (Lipinski definition) is 1. The molecule has 2 aliphatic carbocycles. The fourth-order valence-electron chi connectivity index (χ4n) is 3.62. The van der Waals surface area contributed by atoms with Crippen molar-refractivity contribution in [1.82, 2.24) is 0 Å². The molecule has 3 fully saturated rings. The Kier molecular flexibility index (Phi) is 2.06. The normalized spacial score (nSPS) is 47.9. The zero-order valence-electron chi connectivity index (χ0n) is 8.95. The van der Waals surface area contributed by atoms with Crippen LogP contribution in [0.1, 0.15) is 32.1 Å². The lowest BCUT2D eigenvalue weighted by atomic mass is 9.75. The zero-order chi connectivity index (χ0) is 10.5. The molecule has 1 N–H and O–H groups in total. The molecule has 3 nitrogen and oxygen atoms in total.